The minimum Gasteiger partial charge on any atom is -0.378 e. The molecule has 0 spiro atoms. The number of hydrogen-bond donors (Lipinski definition) is 1. The Bertz CT molecular complexity index is 551. The average molecular weight is 339 g/mol. The quantitative estimate of drug-likeness (QED) is 0.738. The monoisotopic (exact) mass is 337 g/mol. The van der Waals surface area contributed by atoms with E-state index >= 15 is 0 Å². The van der Waals surface area contributed by atoms with E-state index < -0.39 is 0 Å². The van der Waals surface area contributed by atoms with Gasteiger partial charge in [0, 0.05) is 16.2 Å². The molecular weight excluding hydrogens is 322 g/mol. The summed E-state index contributed by atoms with van der Waals surface area (Å²) >= 11 is 9.43. The van der Waals surface area contributed by atoms with Crippen molar-refractivity contribution in [2.45, 2.75) is 26.3 Å². The SMILES string of the molecule is CCc1ccc(C(C)Nc2ccc(Cl)c(Br)c2)cc1. The highest BCUT2D eigenvalue weighted by molar-refractivity contribution is 9.10. The number of hydrogen-bond acceptors (Lipinski definition) is 1. The van der Waals surface area contributed by atoms with Crippen LogP contribution in [0.4, 0.5) is 5.69 Å². The van der Waals surface area contributed by atoms with E-state index in [1.54, 1.807) is 0 Å². The van der Waals surface area contributed by atoms with Gasteiger partial charge in [-0.1, -0.05) is 42.8 Å². The van der Waals surface area contributed by atoms with Gasteiger partial charge in [-0.25, -0.2) is 0 Å². The smallest absolute Gasteiger partial charge is 0.0549 e. The first-order valence-electron chi connectivity index (χ1n) is 6.40. The fourth-order valence-corrected chi connectivity index (χ4v) is 2.46. The minimum absolute atomic E-state index is 0.263. The first-order chi connectivity index (χ1) is 9.10. The summed E-state index contributed by atoms with van der Waals surface area (Å²) in [7, 11) is 0. The van der Waals surface area contributed by atoms with Crippen LogP contribution in [0.3, 0.4) is 0 Å². The van der Waals surface area contributed by atoms with Gasteiger partial charge in [-0.2, -0.15) is 0 Å². The number of halogens is 2. The van der Waals surface area contributed by atoms with E-state index in [0.29, 0.717) is 0 Å². The van der Waals surface area contributed by atoms with E-state index in [9.17, 15) is 0 Å². The zero-order valence-electron chi connectivity index (χ0n) is 11.1. The highest BCUT2D eigenvalue weighted by Gasteiger charge is 2.06. The first kappa shape index (κ1) is 14.4. The summed E-state index contributed by atoms with van der Waals surface area (Å²) in [5, 5.41) is 4.20. The van der Waals surface area contributed by atoms with Crippen LogP contribution >= 0.6 is 27.5 Å². The second kappa shape index (κ2) is 6.44. The molecule has 1 nitrogen and oxygen atoms in total. The van der Waals surface area contributed by atoms with Crippen molar-refractivity contribution in [1.82, 2.24) is 0 Å². The third-order valence-corrected chi connectivity index (χ3v) is 4.40. The van der Waals surface area contributed by atoms with Crippen LogP contribution in [0.1, 0.15) is 31.0 Å². The zero-order valence-corrected chi connectivity index (χ0v) is 13.4. The van der Waals surface area contributed by atoms with Crippen LogP contribution in [0.15, 0.2) is 46.9 Å². The Kier molecular flexibility index (Phi) is 4.89. The summed E-state index contributed by atoms with van der Waals surface area (Å²) < 4.78 is 0.910. The summed E-state index contributed by atoms with van der Waals surface area (Å²) in [4.78, 5) is 0. The van der Waals surface area contributed by atoms with E-state index in [2.05, 4.69) is 59.4 Å². The lowest BCUT2D eigenvalue weighted by Crippen LogP contribution is -2.06. The predicted octanol–water partition coefficient (Wildman–Crippen LogP) is 5.84. The molecule has 0 heterocycles. The Labute approximate surface area is 128 Å². The van der Waals surface area contributed by atoms with Crippen molar-refractivity contribution < 1.29 is 0 Å². The third kappa shape index (κ3) is 3.74. The van der Waals surface area contributed by atoms with Gasteiger partial charge in [0.2, 0.25) is 0 Å². The molecule has 2 rings (SSSR count). The molecule has 0 bridgehead atoms. The maximum atomic E-state index is 5.99. The van der Waals surface area contributed by atoms with Crippen LogP contribution in [0.5, 0.6) is 0 Å². The molecule has 0 aliphatic heterocycles. The fourth-order valence-electron chi connectivity index (χ4n) is 1.96. The first-order valence-corrected chi connectivity index (χ1v) is 7.57. The topological polar surface area (TPSA) is 12.0 Å². The van der Waals surface area contributed by atoms with Crippen LogP contribution in [0.2, 0.25) is 5.02 Å². The molecule has 0 saturated carbocycles. The molecule has 19 heavy (non-hydrogen) atoms. The van der Waals surface area contributed by atoms with E-state index in [0.717, 1.165) is 21.6 Å². The summed E-state index contributed by atoms with van der Waals surface area (Å²) in [6.45, 7) is 4.32. The van der Waals surface area contributed by atoms with E-state index in [1.807, 2.05) is 18.2 Å². The predicted molar refractivity (Wildman–Crippen MR) is 87.0 cm³/mol. The van der Waals surface area contributed by atoms with Gasteiger partial charge in [-0.3, -0.25) is 0 Å². The molecule has 0 fully saturated rings. The molecule has 1 atom stereocenters. The maximum absolute atomic E-state index is 5.99. The molecular formula is C16H17BrClN. The number of aryl methyl sites for hydroxylation is 1. The van der Waals surface area contributed by atoms with Gasteiger partial charge >= 0.3 is 0 Å². The number of benzene rings is 2. The Morgan fingerprint density at radius 2 is 1.84 bits per heavy atom. The van der Waals surface area contributed by atoms with Gasteiger partial charge in [0.15, 0.2) is 0 Å². The molecule has 0 radical (unpaired) electrons. The highest BCUT2D eigenvalue weighted by atomic mass is 79.9. The van der Waals surface area contributed by atoms with Crippen molar-refractivity contribution in [1.29, 1.82) is 0 Å². The Morgan fingerprint density at radius 1 is 1.16 bits per heavy atom. The Morgan fingerprint density at radius 3 is 2.42 bits per heavy atom. The summed E-state index contributed by atoms with van der Waals surface area (Å²) in [5.74, 6) is 0. The van der Waals surface area contributed by atoms with Crippen LogP contribution in [0.25, 0.3) is 0 Å². The standard InChI is InChI=1S/C16H17BrClN/c1-3-12-4-6-13(7-5-12)11(2)19-14-8-9-16(18)15(17)10-14/h4-11,19H,3H2,1-2H3. The summed E-state index contributed by atoms with van der Waals surface area (Å²) in [6, 6.07) is 14.9. The Balaban J connectivity index is 2.10. The summed E-state index contributed by atoms with van der Waals surface area (Å²) in [6.07, 6.45) is 1.08. The van der Waals surface area contributed by atoms with Gasteiger partial charge < -0.3 is 5.32 Å². The van der Waals surface area contributed by atoms with Crippen LogP contribution < -0.4 is 5.32 Å². The van der Waals surface area contributed by atoms with Gasteiger partial charge in [0.1, 0.15) is 0 Å². The lowest BCUT2D eigenvalue weighted by atomic mass is 10.0. The van der Waals surface area contributed by atoms with E-state index in [-0.39, 0.29) is 6.04 Å². The van der Waals surface area contributed by atoms with Gasteiger partial charge in [-0.05, 0) is 58.6 Å². The van der Waals surface area contributed by atoms with Crippen LogP contribution in [-0.2, 0) is 6.42 Å². The maximum Gasteiger partial charge on any atom is 0.0549 e. The van der Waals surface area contributed by atoms with Gasteiger partial charge in [0.05, 0.1) is 5.02 Å². The van der Waals surface area contributed by atoms with Crippen molar-refractivity contribution >= 4 is 33.2 Å². The minimum atomic E-state index is 0.263. The fraction of sp³-hybridized carbons (Fsp3) is 0.250. The van der Waals surface area contributed by atoms with E-state index in [1.165, 1.54) is 11.1 Å². The number of anilines is 1. The average Bonchev–Trinajstić information content (AvgIpc) is 2.43. The normalized spacial score (nSPS) is 12.2. The molecule has 2 aromatic rings. The molecule has 3 heteroatoms. The molecule has 1 N–H and O–H groups in total. The molecule has 0 aliphatic rings. The molecule has 100 valence electrons. The Hall–Kier alpha value is -0.990. The molecule has 1 unspecified atom stereocenters. The molecule has 0 aliphatic carbocycles. The van der Waals surface area contributed by atoms with E-state index in [4.69, 9.17) is 11.6 Å². The molecule has 2 aromatic carbocycles. The molecule has 0 aromatic heterocycles. The van der Waals surface area contributed by atoms with Crippen molar-refractivity contribution in [3.63, 3.8) is 0 Å². The lowest BCUT2D eigenvalue weighted by molar-refractivity contribution is 0.882. The lowest BCUT2D eigenvalue weighted by Gasteiger charge is -2.16. The molecule has 0 saturated heterocycles. The van der Waals surface area contributed by atoms with Crippen molar-refractivity contribution in [3.05, 3.63) is 63.1 Å². The van der Waals surface area contributed by atoms with Crippen LogP contribution in [0, 0.1) is 0 Å². The van der Waals surface area contributed by atoms with Crippen molar-refractivity contribution in [2.24, 2.45) is 0 Å². The second-order valence-electron chi connectivity index (χ2n) is 4.59. The van der Waals surface area contributed by atoms with Gasteiger partial charge in [-0.15, -0.1) is 0 Å². The molecule has 0 amide bonds. The van der Waals surface area contributed by atoms with Crippen molar-refractivity contribution in [2.75, 3.05) is 5.32 Å². The number of nitrogens with one attached hydrogen (secondary N) is 1. The summed E-state index contributed by atoms with van der Waals surface area (Å²) in [5.41, 5.74) is 3.71. The third-order valence-electron chi connectivity index (χ3n) is 3.19. The highest BCUT2D eigenvalue weighted by Crippen LogP contribution is 2.27. The number of rotatable bonds is 4. The largest absolute Gasteiger partial charge is 0.378 e. The van der Waals surface area contributed by atoms with Crippen LogP contribution in [-0.4, -0.2) is 0 Å². The van der Waals surface area contributed by atoms with Gasteiger partial charge in [0.25, 0.3) is 0 Å². The van der Waals surface area contributed by atoms with Crippen molar-refractivity contribution in [3.8, 4) is 0 Å². The second-order valence-corrected chi connectivity index (χ2v) is 5.85. The zero-order chi connectivity index (χ0) is 13.8.